The Hall–Kier alpha value is -0.120. The van der Waals surface area contributed by atoms with Crippen molar-refractivity contribution in [3.8, 4) is 0 Å². The van der Waals surface area contributed by atoms with Crippen LogP contribution in [0.15, 0.2) is 0 Å². The van der Waals surface area contributed by atoms with Crippen LogP contribution in [0.25, 0.3) is 0 Å². The van der Waals surface area contributed by atoms with Gasteiger partial charge in [0.2, 0.25) is 0 Å². The Kier molecular flexibility index (Phi) is 4.11. The van der Waals surface area contributed by atoms with Crippen LogP contribution in [0.4, 0.5) is 0 Å². The Balaban J connectivity index is 1.81. The fraction of sp³-hybridized carbons (Fsp3) is 1.00. The molecule has 0 amide bonds. The highest BCUT2D eigenvalue weighted by Gasteiger charge is 2.31. The third-order valence-electron chi connectivity index (χ3n) is 4.31. The van der Waals surface area contributed by atoms with Gasteiger partial charge in [0.05, 0.1) is 0 Å². The van der Waals surface area contributed by atoms with Crippen molar-refractivity contribution in [3.05, 3.63) is 0 Å². The van der Waals surface area contributed by atoms with E-state index in [1.807, 2.05) is 0 Å². The average Bonchev–Trinajstić information content (AvgIpc) is 2.63. The smallest absolute Gasteiger partial charge is 0.0244 e. The molecule has 2 rings (SSSR count). The Morgan fingerprint density at radius 2 is 1.94 bits per heavy atom. The number of piperazine rings is 1. The van der Waals surface area contributed by atoms with Gasteiger partial charge in [-0.25, -0.2) is 0 Å². The van der Waals surface area contributed by atoms with Gasteiger partial charge in [-0.1, -0.05) is 20.8 Å². The van der Waals surface area contributed by atoms with Crippen LogP contribution < -0.4 is 5.32 Å². The normalized spacial score (nSPS) is 33.2. The first-order valence-corrected chi connectivity index (χ1v) is 7.09. The second kappa shape index (κ2) is 5.25. The summed E-state index contributed by atoms with van der Waals surface area (Å²) >= 11 is 0. The van der Waals surface area contributed by atoms with Gasteiger partial charge in [0.15, 0.2) is 0 Å². The number of hydrogen-bond donors (Lipinski definition) is 1. The lowest BCUT2D eigenvalue weighted by Crippen LogP contribution is -2.56. The van der Waals surface area contributed by atoms with Gasteiger partial charge in [0, 0.05) is 38.8 Å². The van der Waals surface area contributed by atoms with Crippen molar-refractivity contribution in [2.75, 3.05) is 46.3 Å². The first-order chi connectivity index (χ1) is 7.95. The average molecular weight is 239 g/mol. The molecule has 0 aromatic heterocycles. The predicted octanol–water partition coefficient (Wildman–Crippen LogP) is 1.26. The molecule has 3 heteroatoms. The van der Waals surface area contributed by atoms with Crippen molar-refractivity contribution >= 4 is 0 Å². The van der Waals surface area contributed by atoms with Crippen LogP contribution in [0.1, 0.15) is 27.2 Å². The Morgan fingerprint density at radius 1 is 1.18 bits per heavy atom. The van der Waals surface area contributed by atoms with Crippen molar-refractivity contribution in [2.24, 2.45) is 11.3 Å². The zero-order valence-corrected chi connectivity index (χ0v) is 12.0. The number of hydrogen-bond acceptors (Lipinski definition) is 3. The molecule has 0 aliphatic carbocycles. The van der Waals surface area contributed by atoms with Crippen LogP contribution in [-0.2, 0) is 0 Å². The molecular formula is C14H29N3. The largest absolute Gasteiger partial charge is 0.311 e. The van der Waals surface area contributed by atoms with Crippen LogP contribution in [0.5, 0.6) is 0 Å². The maximum atomic E-state index is 3.67. The standard InChI is InChI=1S/C14H29N3/c1-14(2,3)13-11-17(8-6-15-13)10-12-5-7-16(4)9-12/h12-13,15H,5-11H2,1-4H3. The van der Waals surface area contributed by atoms with E-state index in [4.69, 9.17) is 0 Å². The summed E-state index contributed by atoms with van der Waals surface area (Å²) in [6.07, 6.45) is 1.39. The van der Waals surface area contributed by atoms with Gasteiger partial charge in [-0.05, 0) is 31.3 Å². The van der Waals surface area contributed by atoms with E-state index < -0.39 is 0 Å². The van der Waals surface area contributed by atoms with Gasteiger partial charge in [-0.3, -0.25) is 0 Å². The van der Waals surface area contributed by atoms with E-state index in [1.165, 1.54) is 39.1 Å². The number of nitrogens with zero attached hydrogens (tertiary/aromatic N) is 2. The van der Waals surface area contributed by atoms with Crippen molar-refractivity contribution in [3.63, 3.8) is 0 Å². The van der Waals surface area contributed by atoms with E-state index in [1.54, 1.807) is 0 Å². The molecule has 2 aliphatic rings. The molecule has 0 radical (unpaired) electrons. The fourth-order valence-electron chi connectivity index (χ4n) is 3.10. The summed E-state index contributed by atoms with van der Waals surface area (Å²) in [5, 5.41) is 3.67. The minimum absolute atomic E-state index is 0.380. The van der Waals surface area contributed by atoms with Crippen LogP contribution in [0.3, 0.4) is 0 Å². The van der Waals surface area contributed by atoms with Crippen molar-refractivity contribution in [2.45, 2.75) is 33.2 Å². The van der Waals surface area contributed by atoms with Gasteiger partial charge in [0.25, 0.3) is 0 Å². The van der Waals surface area contributed by atoms with Crippen molar-refractivity contribution < 1.29 is 0 Å². The molecule has 0 aromatic carbocycles. The molecule has 2 unspecified atom stereocenters. The van der Waals surface area contributed by atoms with E-state index in [-0.39, 0.29) is 0 Å². The second-order valence-corrected chi connectivity index (χ2v) is 7.05. The molecule has 0 saturated carbocycles. The third-order valence-corrected chi connectivity index (χ3v) is 4.31. The van der Waals surface area contributed by atoms with Gasteiger partial charge in [-0.2, -0.15) is 0 Å². The predicted molar refractivity (Wildman–Crippen MR) is 73.3 cm³/mol. The van der Waals surface area contributed by atoms with Gasteiger partial charge < -0.3 is 15.1 Å². The second-order valence-electron chi connectivity index (χ2n) is 7.05. The van der Waals surface area contributed by atoms with Crippen LogP contribution >= 0.6 is 0 Å². The summed E-state index contributed by atoms with van der Waals surface area (Å²) in [6, 6.07) is 0.649. The molecule has 3 nitrogen and oxygen atoms in total. The summed E-state index contributed by atoms with van der Waals surface area (Å²) in [6.45, 7) is 14.5. The highest BCUT2D eigenvalue weighted by Crippen LogP contribution is 2.23. The number of rotatable bonds is 2. The summed E-state index contributed by atoms with van der Waals surface area (Å²) in [4.78, 5) is 5.14. The molecule has 100 valence electrons. The topological polar surface area (TPSA) is 18.5 Å². The molecule has 2 aliphatic heterocycles. The summed E-state index contributed by atoms with van der Waals surface area (Å²) in [7, 11) is 2.25. The Labute approximate surface area is 107 Å². The molecule has 1 N–H and O–H groups in total. The quantitative estimate of drug-likeness (QED) is 0.782. The molecule has 2 atom stereocenters. The molecular weight excluding hydrogens is 210 g/mol. The Morgan fingerprint density at radius 3 is 2.53 bits per heavy atom. The van der Waals surface area contributed by atoms with E-state index in [0.29, 0.717) is 11.5 Å². The van der Waals surface area contributed by atoms with E-state index >= 15 is 0 Å². The minimum Gasteiger partial charge on any atom is -0.311 e. The molecule has 2 heterocycles. The first-order valence-electron chi connectivity index (χ1n) is 7.09. The van der Waals surface area contributed by atoms with E-state index in [2.05, 4.69) is 42.9 Å². The maximum absolute atomic E-state index is 3.67. The molecule has 0 spiro atoms. The first kappa shape index (κ1) is 13.3. The van der Waals surface area contributed by atoms with Crippen molar-refractivity contribution in [1.29, 1.82) is 0 Å². The van der Waals surface area contributed by atoms with Gasteiger partial charge in [-0.15, -0.1) is 0 Å². The van der Waals surface area contributed by atoms with Crippen LogP contribution in [0.2, 0.25) is 0 Å². The molecule has 2 fully saturated rings. The summed E-state index contributed by atoms with van der Waals surface area (Å²) in [5.74, 6) is 0.902. The van der Waals surface area contributed by atoms with E-state index in [0.717, 1.165) is 12.5 Å². The Bertz CT molecular complexity index is 246. The van der Waals surface area contributed by atoms with E-state index in [9.17, 15) is 0 Å². The minimum atomic E-state index is 0.380. The van der Waals surface area contributed by atoms with Crippen molar-refractivity contribution in [1.82, 2.24) is 15.1 Å². The fourth-order valence-corrected chi connectivity index (χ4v) is 3.10. The lowest BCUT2D eigenvalue weighted by molar-refractivity contribution is 0.120. The zero-order chi connectivity index (χ0) is 12.5. The SMILES string of the molecule is CN1CCC(CN2CCNC(C(C)(C)C)C2)C1. The summed E-state index contributed by atoms with van der Waals surface area (Å²) in [5.41, 5.74) is 0.380. The van der Waals surface area contributed by atoms with Gasteiger partial charge >= 0.3 is 0 Å². The van der Waals surface area contributed by atoms with Gasteiger partial charge in [0.1, 0.15) is 0 Å². The molecule has 2 saturated heterocycles. The van der Waals surface area contributed by atoms with Crippen LogP contribution in [0, 0.1) is 11.3 Å². The zero-order valence-electron chi connectivity index (χ0n) is 12.0. The lowest BCUT2D eigenvalue weighted by atomic mass is 9.85. The highest BCUT2D eigenvalue weighted by molar-refractivity contribution is 4.88. The molecule has 0 bridgehead atoms. The third kappa shape index (κ3) is 3.67. The number of likely N-dealkylation sites (tertiary alicyclic amines) is 1. The number of nitrogens with one attached hydrogen (secondary N) is 1. The maximum Gasteiger partial charge on any atom is 0.0244 e. The molecule has 17 heavy (non-hydrogen) atoms. The summed E-state index contributed by atoms with van der Waals surface area (Å²) < 4.78 is 0. The molecule has 0 aromatic rings. The van der Waals surface area contributed by atoms with Crippen LogP contribution in [-0.4, -0.2) is 62.2 Å². The monoisotopic (exact) mass is 239 g/mol. The highest BCUT2D eigenvalue weighted by atomic mass is 15.2. The lowest BCUT2D eigenvalue weighted by Gasteiger charge is -2.41.